The second kappa shape index (κ2) is 4.25. The Morgan fingerprint density at radius 1 is 1.38 bits per heavy atom. The Kier molecular flexibility index (Phi) is 2.96. The highest BCUT2D eigenvalue weighted by atomic mass is 35.5. The number of fused-ring (bicyclic) bond motifs is 1. The Balaban J connectivity index is 2.65. The summed E-state index contributed by atoms with van der Waals surface area (Å²) >= 11 is 11.8. The standard InChI is InChI=1S/C10H7Cl2N3O/c11-7-2-1-5-3-6(10(16)15-13)4-14-9(5)8(7)12/h1-4H,13H2,(H,15,16). The molecule has 0 spiro atoms. The minimum Gasteiger partial charge on any atom is -0.290 e. The number of pyridine rings is 1. The molecule has 0 fully saturated rings. The minimum absolute atomic E-state index is 0.369. The fourth-order valence-electron chi connectivity index (χ4n) is 1.35. The van der Waals surface area contributed by atoms with Crippen LogP contribution in [-0.2, 0) is 0 Å². The molecule has 1 aromatic heterocycles. The molecule has 82 valence electrons. The van der Waals surface area contributed by atoms with Crippen molar-refractivity contribution in [1.82, 2.24) is 10.4 Å². The van der Waals surface area contributed by atoms with Crippen LogP contribution in [0.15, 0.2) is 24.4 Å². The highest BCUT2D eigenvalue weighted by Gasteiger charge is 2.09. The summed E-state index contributed by atoms with van der Waals surface area (Å²) < 4.78 is 0. The van der Waals surface area contributed by atoms with E-state index in [4.69, 9.17) is 29.0 Å². The summed E-state index contributed by atoms with van der Waals surface area (Å²) in [6.07, 6.45) is 1.40. The third-order valence-electron chi connectivity index (χ3n) is 2.14. The molecule has 0 aliphatic carbocycles. The van der Waals surface area contributed by atoms with Gasteiger partial charge in [0.15, 0.2) is 0 Å². The van der Waals surface area contributed by atoms with Crippen LogP contribution in [0.3, 0.4) is 0 Å². The van der Waals surface area contributed by atoms with Crippen LogP contribution in [0, 0.1) is 0 Å². The Hall–Kier alpha value is -1.36. The van der Waals surface area contributed by atoms with E-state index < -0.39 is 5.91 Å². The fraction of sp³-hybridized carbons (Fsp3) is 0. The number of aromatic nitrogens is 1. The Morgan fingerprint density at radius 2 is 2.12 bits per heavy atom. The summed E-state index contributed by atoms with van der Waals surface area (Å²) in [6, 6.07) is 5.04. The largest absolute Gasteiger partial charge is 0.290 e. The average Bonchev–Trinajstić information content (AvgIpc) is 2.32. The molecule has 16 heavy (non-hydrogen) atoms. The third-order valence-corrected chi connectivity index (χ3v) is 2.93. The van der Waals surface area contributed by atoms with Gasteiger partial charge in [-0.3, -0.25) is 15.2 Å². The molecular weight excluding hydrogens is 249 g/mol. The van der Waals surface area contributed by atoms with E-state index in [9.17, 15) is 4.79 Å². The van der Waals surface area contributed by atoms with Crippen molar-refractivity contribution in [2.45, 2.75) is 0 Å². The lowest BCUT2D eigenvalue weighted by Crippen LogP contribution is -2.30. The van der Waals surface area contributed by atoms with E-state index in [1.54, 1.807) is 18.2 Å². The first kappa shape index (κ1) is 11.1. The van der Waals surface area contributed by atoms with E-state index >= 15 is 0 Å². The average molecular weight is 256 g/mol. The highest BCUT2D eigenvalue weighted by Crippen LogP contribution is 2.29. The Bertz CT molecular complexity index is 571. The first-order valence-electron chi connectivity index (χ1n) is 4.38. The van der Waals surface area contributed by atoms with E-state index in [-0.39, 0.29) is 0 Å². The molecule has 4 nitrogen and oxygen atoms in total. The van der Waals surface area contributed by atoms with E-state index in [0.29, 0.717) is 21.1 Å². The molecule has 1 heterocycles. The van der Waals surface area contributed by atoms with Gasteiger partial charge in [0.25, 0.3) is 5.91 Å². The molecule has 0 radical (unpaired) electrons. The minimum atomic E-state index is -0.402. The molecule has 0 bridgehead atoms. The van der Waals surface area contributed by atoms with Crippen LogP contribution in [0.2, 0.25) is 10.0 Å². The second-order valence-corrected chi connectivity index (χ2v) is 3.92. The lowest BCUT2D eigenvalue weighted by atomic mass is 10.1. The number of nitrogens with one attached hydrogen (secondary N) is 1. The first-order valence-corrected chi connectivity index (χ1v) is 5.14. The van der Waals surface area contributed by atoms with Crippen molar-refractivity contribution in [1.29, 1.82) is 0 Å². The molecule has 0 aliphatic heterocycles. The van der Waals surface area contributed by atoms with Crippen molar-refractivity contribution in [2.75, 3.05) is 0 Å². The molecule has 1 aromatic carbocycles. The number of hydrogen-bond acceptors (Lipinski definition) is 3. The van der Waals surface area contributed by atoms with Crippen LogP contribution >= 0.6 is 23.2 Å². The van der Waals surface area contributed by atoms with E-state index in [2.05, 4.69) is 4.98 Å². The summed E-state index contributed by atoms with van der Waals surface area (Å²) in [6.45, 7) is 0. The molecule has 0 atom stereocenters. The van der Waals surface area contributed by atoms with Crippen LogP contribution in [0.1, 0.15) is 10.4 Å². The lowest BCUT2D eigenvalue weighted by molar-refractivity contribution is 0.0953. The molecule has 0 saturated carbocycles. The molecule has 3 N–H and O–H groups in total. The lowest BCUT2D eigenvalue weighted by Gasteiger charge is -2.04. The van der Waals surface area contributed by atoms with Crippen LogP contribution in [0.4, 0.5) is 0 Å². The number of hydrazine groups is 1. The monoisotopic (exact) mass is 255 g/mol. The van der Waals surface area contributed by atoms with Gasteiger partial charge in [-0.05, 0) is 12.1 Å². The Morgan fingerprint density at radius 3 is 2.81 bits per heavy atom. The van der Waals surface area contributed by atoms with E-state index in [1.807, 2.05) is 5.43 Å². The molecular formula is C10H7Cl2N3O. The molecule has 2 aromatic rings. The third kappa shape index (κ3) is 1.82. The number of amides is 1. The van der Waals surface area contributed by atoms with Crippen molar-refractivity contribution < 1.29 is 4.79 Å². The van der Waals surface area contributed by atoms with Gasteiger partial charge in [-0.1, -0.05) is 29.3 Å². The molecule has 2 rings (SSSR count). The number of benzene rings is 1. The second-order valence-electron chi connectivity index (χ2n) is 3.13. The number of carbonyl (C=O) groups is 1. The van der Waals surface area contributed by atoms with Crippen LogP contribution < -0.4 is 11.3 Å². The summed E-state index contributed by atoms with van der Waals surface area (Å²) in [5.41, 5.74) is 2.96. The van der Waals surface area contributed by atoms with Gasteiger partial charge in [0.05, 0.1) is 21.1 Å². The zero-order valence-electron chi connectivity index (χ0n) is 8.00. The molecule has 0 saturated heterocycles. The van der Waals surface area contributed by atoms with Gasteiger partial charge in [0.1, 0.15) is 0 Å². The predicted molar refractivity (Wildman–Crippen MR) is 63.4 cm³/mol. The van der Waals surface area contributed by atoms with Gasteiger partial charge < -0.3 is 0 Å². The maximum absolute atomic E-state index is 11.3. The zero-order chi connectivity index (χ0) is 11.7. The van der Waals surface area contributed by atoms with Crippen molar-refractivity contribution in [3.8, 4) is 0 Å². The fourth-order valence-corrected chi connectivity index (χ4v) is 1.72. The number of nitrogens with zero attached hydrogens (tertiary/aromatic N) is 1. The summed E-state index contributed by atoms with van der Waals surface area (Å²) in [5.74, 6) is 4.63. The van der Waals surface area contributed by atoms with Gasteiger partial charge in [-0.2, -0.15) is 0 Å². The smallest absolute Gasteiger partial charge is 0.266 e. The van der Waals surface area contributed by atoms with Crippen LogP contribution in [0.25, 0.3) is 10.9 Å². The van der Waals surface area contributed by atoms with Crippen molar-refractivity contribution in [3.63, 3.8) is 0 Å². The quantitative estimate of drug-likeness (QED) is 0.466. The summed E-state index contributed by atoms with van der Waals surface area (Å²) in [7, 11) is 0. The molecule has 6 heteroatoms. The van der Waals surface area contributed by atoms with Gasteiger partial charge in [0, 0.05) is 11.6 Å². The Labute approximate surface area is 101 Å². The first-order chi connectivity index (χ1) is 7.63. The number of hydrogen-bond donors (Lipinski definition) is 2. The summed E-state index contributed by atoms with van der Waals surface area (Å²) in [4.78, 5) is 15.4. The van der Waals surface area contributed by atoms with Crippen LogP contribution in [0.5, 0.6) is 0 Å². The van der Waals surface area contributed by atoms with Gasteiger partial charge in [0.2, 0.25) is 0 Å². The SMILES string of the molecule is NNC(=O)c1cnc2c(Cl)c(Cl)ccc2c1. The van der Waals surface area contributed by atoms with E-state index in [0.717, 1.165) is 5.39 Å². The van der Waals surface area contributed by atoms with Crippen LogP contribution in [-0.4, -0.2) is 10.9 Å². The normalized spacial score (nSPS) is 10.4. The molecule has 0 unspecified atom stereocenters. The van der Waals surface area contributed by atoms with E-state index in [1.165, 1.54) is 6.20 Å². The summed E-state index contributed by atoms with van der Waals surface area (Å²) in [5, 5.41) is 1.53. The maximum atomic E-state index is 11.3. The predicted octanol–water partition coefficient (Wildman–Crippen LogP) is 2.15. The topological polar surface area (TPSA) is 68.0 Å². The highest BCUT2D eigenvalue weighted by molar-refractivity contribution is 6.45. The number of rotatable bonds is 1. The molecule has 0 aliphatic rings. The number of nitrogens with two attached hydrogens (primary N) is 1. The number of halogens is 2. The van der Waals surface area contributed by atoms with Gasteiger partial charge in [-0.15, -0.1) is 0 Å². The maximum Gasteiger partial charge on any atom is 0.266 e. The number of nitrogen functional groups attached to an aromatic ring is 1. The zero-order valence-corrected chi connectivity index (χ0v) is 9.51. The molecule has 1 amide bonds. The van der Waals surface area contributed by atoms with Crippen molar-refractivity contribution in [3.05, 3.63) is 40.0 Å². The number of carbonyl (C=O) groups excluding carboxylic acids is 1. The van der Waals surface area contributed by atoms with Crippen molar-refractivity contribution >= 4 is 40.0 Å². The van der Waals surface area contributed by atoms with Crippen molar-refractivity contribution in [2.24, 2.45) is 5.84 Å². The van der Waals surface area contributed by atoms with Gasteiger partial charge >= 0.3 is 0 Å². The van der Waals surface area contributed by atoms with Gasteiger partial charge in [-0.25, -0.2) is 5.84 Å².